The minimum absolute atomic E-state index is 0.557. The molecule has 0 aliphatic carbocycles. The third-order valence-electron chi connectivity index (χ3n) is 3.61. The van der Waals surface area contributed by atoms with Crippen LogP contribution in [-0.4, -0.2) is 43.1 Å². The van der Waals surface area contributed by atoms with Gasteiger partial charge in [0.25, 0.3) is 0 Å². The molecule has 0 fully saturated rings. The summed E-state index contributed by atoms with van der Waals surface area (Å²) in [6.45, 7) is 3.96. The lowest BCUT2D eigenvalue weighted by Gasteiger charge is -2.22. The Kier molecular flexibility index (Phi) is 6.88. The molecule has 1 heterocycles. The summed E-state index contributed by atoms with van der Waals surface area (Å²) in [7, 11) is 3.75. The number of nitrogens with zero attached hydrogens (tertiary/aromatic N) is 3. The SMILES string of the molecule is CN=C(NCc1ncccc1C)N(C)CCOc1ccc(Cl)cc1. The third kappa shape index (κ3) is 5.42. The highest BCUT2D eigenvalue weighted by atomic mass is 35.5. The number of benzene rings is 1. The summed E-state index contributed by atoms with van der Waals surface area (Å²) in [4.78, 5) is 10.7. The van der Waals surface area contributed by atoms with Crippen LogP contribution in [0, 0.1) is 6.92 Å². The van der Waals surface area contributed by atoms with Gasteiger partial charge in [0.2, 0.25) is 0 Å². The topological polar surface area (TPSA) is 49.8 Å². The molecule has 0 aliphatic heterocycles. The van der Waals surface area contributed by atoms with Crippen LogP contribution >= 0.6 is 11.6 Å². The van der Waals surface area contributed by atoms with E-state index in [4.69, 9.17) is 16.3 Å². The normalized spacial score (nSPS) is 11.2. The lowest BCUT2D eigenvalue weighted by molar-refractivity contribution is 0.281. The predicted molar refractivity (Wildman–Crippen MR) is 98.7 cm³/mol. The number of guanidine groups is 1. The van der Waals surface area contributed by atoms with Crippen molar-refractivity contribution in [2.75, 3.05) is 27.2 Å². The van der Waals surface area contributed by atoms with Crippen molar-refractivity contribution in [1.29, 1.82) is 0 Å². The van der Waals surface area contributed by atoms with Crippen LogP contribution in [-0.2, 0) is 6.54 Å². The molecule has 0 bridgehead atoms. The average molecular weight is 347 g/mol. The van der Waals surface area contributed by atoms with Crippen molar-refractivity contribution in [3.05, 3.63) is 58.9 Å². The Morgan fingerprint density at radius 2 is 2.04 bits per heavy atom. The molecule has 24 heavy (non-hydrogen) atoms. The lowest BCUT2D eigenvalue weighted by atomic mass is 10.2. The second-order valence-electron chi connectivity index (χ2n) is 5.39. The fourth-order valence-electron chi connectivity index (χ4n) is 2.19. The minimum Gasteiger partial charge on any atom is -0.492 e. The summed E-state index contributed by atoms with van der Waals surface area (Å²) in [5.74, 6) is 1.61. The molecule has 1 aromatic carbocycles. The average Bonchev–Trinajstić information content (AvgIpc) is 2.59. The van der Waals surface area contributed by atoms with Crippen LogP contribution in [0.1, 0.15) is 11.3 Å². The summed E-state index contributed by atoms with van der Waals surface area (Å²) < 4.78 is 5.71. The molecule has 0 radical (unpaired) electrons. The van der Waals surface area contributed by atoms with E-state index in [1.165, 1.54) is 0 Å². The standard InChI is InChI=1S/C18H23ClN4O/c1-14-5-4-10-21-17(14)13-22-18(20-2)23(3)11-12-24-16-8-6-15(19)7-9-16/h4-10H,11-13H2,1-3H3,(H,20,22). The number of aromatic nitrogens is 1. The van der Waals surface area contributed by atoms with Crippen LogP contribution in [0.5, 0.6) is 5.75 Å². The van der Waals surface area contributed by atoms with Gasteiger partial charge < -0.3 is 15.0 Å². The fraction of sp³-hybridized carbons (Fsp3) is 0.333. The number of hydrogen-bond acceptors (Lipinski definition) is 3. The molecular weight excluding hydrogens is 324 g/mol. The Balaban J connectivity index is 1.80. The highest BCUT2D eigenvalue weighted by Gasteiger charge is 2.07. The van der Waals surface area contributed by atoms with Gasteiger partial charge in [0, 0.05) is 25.3 Å². The Labute approximate surface area is 148 Å². The first kappa shape index (κ1) is 18.1. The number of likely N-dealkylation sites (N-methyl/N-ethyl adjacent to an activating group) is 1. The van der Waals surface area contributed by atoms with E-state index in [1.54, 1.807) is 13.2 Å². The molecule has 2 rings (SSSR count). The molecule has 0 unspecified atom stereocenters. The van der Waals surface area contributed by atoms with Gasteiger partial charge in [0.15, 0.2) is 5.96 Å². The molecule has 0 saturated carbocycles. The summed E-state index contributed by atoms with van der Waals surface area (Å²) in [5.41, 5.74) is 2.18. The van der Waals surface area contributed by atoms with E-state index < -0.39 is 0 Å². The van der Waals surface area contributed by atoms with Crippen molar-refractivity contribution in [3.63, 3.8) is 0 Å². The first-order valence-corrected chi connectivity index (χ1v) is 8.18. The van der Waals surface area contributed by atoms with Gasteiger partial charge in [-0.25, -0.2) is 0 Å². The van der Waals surface area contributed by atoms with Crippen molar-refractivity contribution in [3.8, 4) is 5.75 Å². The van der Waals surface area contributed by atoms with Crippen LogP contribution in [0.15, 0.2) is 47.6 Å². The summed E-state index contributed by atoms with van der Waals surface area (Å²) >= 11 is 5.86. The van der Waals surface area contributed by atoms with Crippen molar-refractivity contribution < 1.29 is 4.74 Å². The zero-order chi connectivity index (χ0) is 17.4. The summed E-state index contributed by atoms with van der Waals surface area (Å²) in [6, 6.07) is 11.3. The number of aryl methyl sites for hydroxylation is 1. The van der Waals surface area contributed by atoms with Crippen molar-refractivity contribution in [2.24, 2.45) is 4.99 Å². The molecule has 1 N–H and O–H groups in total. The van der Waals surface area contributed by atoms with E-state index in [0.29, 0.717) is 24.7 Å². The molecule has 0 atom stereocenters. The number of pyridine rings is 1. The Hall–Kier alpha value is -2.27. The highest BCUT2D eigenvalue weighted by molar-refractivity contribution is 6.30. The first-order chi connectivity index (χ1) is 11.6. The first-order valence-electron chi connectivity index (χ1n) is 7.81. The van der Waals surface area contributed by atoms with E-state index in [-0.39, 0.29) is 0 Å². The van der Waals surface area contributed by atoms with Crippen LogP contribution in [0.25, 0.3) is 0 Å². The van der Waals surface area contributed by atoms with Crippen molar-refractivity contribution in [2.45, 2.75) is 13.5 Å². The maximum atomic E-state index is 5.86. The largest absolute Gasteiger partial charge is 0.492 e. The van der Waals surface area contributed by atoms with E-state index in [2.05, 4.69) is 28.3 Å². The zero-order valence-electron chi connectivity index (χ0n) is 14.3. The number of ether oxygens (including phenoxy) is 1. The van der Waals surface area contributed by atoms with Crippen molar-refractivity contribution >= 4 is 17.6 Å². The van der Waals surface area contributed by atoms with Gasteiger partial charge in [-0.2, -0.15) is 0 Å². The zero-order valence-corrected chi connectivity index (χ0v) is 15.0. The monoisotopic (exact) mass is 346 g/mol. The lowest BCUT2D eigenvalue weighted by Crippen LogP contribution is -2.40. The number of rotatable bonds is 6. The van der Waals surface area contributed by atoms with E-state index in [1.807, 2.05) is 42.3 Å². The Morgan fingerprint density at radius 1 is 1.29 bits per heavy atom. The van der Waals surface area contributed by atoms with Crippen LogP contribution in [0.2, 0.25) is 5.02 Å². The van der Waals surface area contributed by atoms with Gasteiger partial charge in [-0.1, -0.05) is 17.7 Å². The van der Waals surface area contributed by atoms with Gasteiger partial charge in [-0.15, -0.1) is 0 Å². The molecule has 0 amide bonds. The molecule has 0 aliphatic rings. The van der Waals surface area contributed by atoms with Gasteiger partial charge in [-0.05, 0) is 42.8 Å². The minimum atomic E-state index is 0.557. The van der Waals surface area contributed by atoms with Gasteiger partial charge in [0.1, 0.15) is 12.4 Å². The molecular formula is C18H23ClN4O. The number of nitrogens with one attached hydrogen (secondary N) is 1. The summed E-state index contributed by atoms with van der Waals surface area (Å²) in [6.07, 6.45) is 1.80. The van der Waals surface area contributed by atoms with Gasteiger partial charge >= 0.3 is 0 Å². The molecule has 128 valence electrons. The van der Waals surface area contributed by atoms with Gasteiger partial charge in [0.05, 0.1) is 18.8 Å². The van der Waals surface area contributed by atoms with Crippen LogP contribution in [0.3, 0.4) is 0 Å². The molecule has 6 heteroatoms. The molecule has 0 saturated heterocycles. The molecule has 2 aromatic rings. The molecule has 0 spiro atoms. The maximum Gasteiger partial charge on any atom is 0.193 e. The van der Waals surface area contributed by atoms with E-state index in [0.717, 1.165) is 23.0 Å². The third-order valence-corrected chi connectivity index (χ3v) is 3.87. The number of halogens is 1. The Morgan fingerprint density at radius 3 is 2.71 bits per heavy atom. The van der Waals surface area contributed by atoms with Gasteiger partial charge in [-0.3, -0.25) is 9.98 Å². The van der Waals surface area contributed by atoms with Crippen molar-refractivity contribution in [1.82, 2.24) is 15.2 Å². The number of aliphatic imine (C=N–C) groups is 1. The Bertz CT molecular complexity index is 673. The number of hydrogen-bond donors (Lipinski definition) is 1. The smallest absolute Gasteiger partial charge is 0.193 e. The summed E-state index contributed by atoms with van der Waals surface area (Å²) in [5, 5.41) is 4.03. The van der Waals surface area contributed by atoms with Crippen LogP contribution < -0.4 is 10.1 Å². The quantitative estimate of drug-likeness (QED) is 0.645. The van der Waals surface area contributed by atoms with Crippen LogP contribution in [0.4, 0.5) is 0 Å². The predicted octanol–water partition coefficient (Wildman–Crippen LogP) is 3.13. The molecule has 5 nitrogen and oxygen atoms in total. The highest BCUT2D eigenvalue weighted by Crippen LogP contribution is 2.15. The maximum absolute atomic E-state index is 5.86. The van der Waals surface area contributed by atoms with E-state index >= 15 is 0 Å². The second kappa shape index (κ2) is 9.13. The fourth-order valence-corrected chi connectivity index (χ4v) is 2.31. The second-order valence-corrected chi connectivity index (χ2v) is 5.83. The molecule has 1 aromatic heterocycles. The van der Waals surface area contributed by atoms with E-state index in [9.17, 15) is 0 Å².